The molecule has 3 aromatic rings. The number of alkyl halides is 3. The summed E-state index contributed by atoms with van der Waals surface area (Å²) in [6.45, 7) is 3.55. The summed E-state index contributed by atoms with van der Waals surface area (Å²) < 4.78 is 43.8. The first-order valence-corrected chi connectivity index (χ1v) is 12.2. The summed E-state index contributed by atoms with van der Waals surface area (Å²) >= 11 is 0. The van der Waals surface area contributed by atoms with E-state index in [-0.39, 0.29) is 24.3 Å². The number of nitrogens with one attached hydrogen (secondary N) is 1. The van der Waals surface area contributed by atoms with Crippen LogP contribution in [-0.4, -0.2) is 48.3 Å². The van der Waals surface area contributed by atoms with Crippen molar-refractivity contribution in [3.8, 4) is 0 Å². The van der Waals surface area contributed by atoms with Gasteiger partial charge in [0.1, 0.15) is 5.76 Å². The van der Waals surface area contributed by atoms with Crippen LogP contribution in [0.15, 0.2) is 65.3 Å². The van der Waals surface area contributed by atoms with Gasteiger partial charge in [0.15, 0.2) is 0 Å². The van der Waals surface area contributed by atoms with Crippen LogP contribution >= 0.6 is 0 Å². The van der Waals surface area contributed by atoms with Crippen molar-refractivity contribution < 1.29 is 27.2 Å². The topological polar surface area (TPSA) is 65.8 Å². The number of anilines is 1. The van der Waals surface area contributed by atoms with Gasteiger partial charge in [-0.1, -0.05) is 18.2 Å². The molecule has 0 atom stereocenters. The molecule has 0 bridgehead atoms. The average Bonchev–Trinajstić information content (AvgIpc) is 3.37. The molecule has 1 aliphatic rings. The summed E-state index contributed by atoms with van der Waals surface area (Å²) in [5.41, 5.74) is 2.12. The van der Waals surface area contributed by atoms with Gasteiger partial charge in [-0.15, -0.1) is 0 Å². The van der Waals surface area contributed by atoms with E-state index in [2.05, 4.69) is 5.32 Å². The summed E-state index contributed by atoms with van der Waals surface area (Å²) in [5.74, 6) is 0.550. The lowest BCUT2D eigenvalue weighted by molar-refractivity contribution is -0.137. The molecule has 2 aromatic carbocycles. The summed E-state index contributed by atoms with van der Waals surface area (Å²) in [4.78, 5) is 29.4. The molecule has 0 aliphatic carbocycles. The largest absolute Gasteiger partial charge is 0.468 e. The van der Waals surface area contributed by atoms with Crippen molar-refractivity contribution in [2.75, 3.05) is 32.0 Å². The third-order valence-corrected chi connectivity index (χ3v) is 6.67. The van der Waals surface area contributed by atoms with Crippen molar-refractivity contribution in [2.24, 2.45) is 0 Å². The Labute approximate surface area is 214 Å². The fourth-order valence-corrected chi connectivity index (χ4v) is 4.59. The number of furan rings is 1. The maximum atomic E-state index is 13.2. The van der Waals surface area contributed by atoms with Gasteiger partial charge >= 0.3 is 6.18 Å². The fraction of sp³-hybridized carbons (Fsp3) is 0.357. The molecule has 9 heteroatoms. The molecule has 1 fully saturated rings. The first kappa shape index (κ1) is 26.5. The smallest absolute Gasteiger partial charge is 0.416 e. The normalized spacial score (nSPS) is 14.7. The van der Waals surface area contributed by atoms with E-state index in [0.717, 1.165) is 29.0 Å². The summed E-state index contributed by atoms with van der Waals surface area (Å²) in [5, 5.41) is 2.90. The van der Waals surface area contributed by atoms with Gasteiger partial charge in [-0.2, -0.15) is 13.2 Å². The van der Waals surface area contributed by atoms with E-state index in [1.807, 2.05) is 31.0 Å². The van der Waals surface area contributed by atoms with Crippen LogP contribution in [0.4, 0.5) is 18.9 Å². The van der Waals surface area contributed by atoms with Gasteiger partial charge in [-0.3, -0.25) is 14.5 Å². The Kier molecular flexibility index (Phi) is 8.02. The highest BCUT2D eigenvalue weighted by Gasteiger charge is 2.31. The van der Waals surface area contributed by atoms with E-state index in [9.17, 15) is 22.8 Å². The Hall–Kier alpha value is -3.59. The average molecular weight is 514 g/mol. The van der Waals surface area contributed by atoms with Crippen molar-refractivity contribution in [3.63, 3.8) is 0 Å². The number of piperidine rings is 1. The zero-order valence-corrected chi connectivity index (χ0v) is 20.8. The van der Waals surface area contributed by atoms with Crippen molar-refractivity contribution in [2.45, 2.75) is 38.4 Å². The molecule has 0 spiro atoms. The van der Waals surface area contributed by atoms with Crippen LogP contribution in [0, 0.1) is 6.92 Å². The molecule has 4 rings (SSSR count). The SMILES string of the molecule is Cc1ccc(C(=O)N2CCC(c3ccc(C(F)(F)F)cc3)CC2)cc1NC(=O)CN(C)Cc1ccco1. The van der Waals surface area contributed by atoms with Crippen LogP contribution in [0.5, 0.6) is 0 Å². The Morgan fingerprint density at radius 1 is 1.08 bits per heavy atom. The number of carbonyl (C=O) groups is 2. The predicted octanol–water partition coefficient (Wildman–Crippen LogP) is 5.70. The molecule has 0 saturated carbocycles. The van der Waals surface area contributed by atoms with Crippen LogP contribution in [0.25, 0.3) is 0 Å². The number of aryl methyl sites for hydroxylation is 1. The summed E-state index contributed by atoms with van der Waals surface area (Å²) in [6, 6.07) is 14.2. The maximum Gasteiger partial charge on any atom is 0.416 e. The van der Waals surface area contributed by atoms with E-state index < -0.39 is 11.7 Å². The second-order valence-electron chi connectivity index (χ2n) is 9.52. The van der Waals surface area contributed by atoms with Gasteiger partial charge in [0.25, 0.3) is 5.91 Å². The lowest BCUT2D eigenvalue weighted by Crippen LogP contribution is -2.38. The molecule has 1 aliphatic heterocycles. The molecule has 1 aromatic heterocycles. The second kappa shape index (κ2) is 11.2. The minimum absolute atomic E-state index is 0.109. The van der Waals surface area contributed by atoms with Crippen molar-refractivity contribution in [1.82, 2.24) is 9.80 Å². The number of likely N-dealkylation sites (N-methyl/N-ethyl adjacent to an activating group) is 1. The standard InChI is InChI=1S/C28H30F3N3O3/c1-19-5-6-22(16-25(19)32-26(35)18-33(2)17-24-4-3-15-37-24)27(36)34-13-11-21(12-14-34)20-7-9-23(10-8-20)28(29,30)31/h3-10,15-16,21H,11-14,17-18H2,1-2H3,(H,32,35). The van der Waals surface area contributed by atoms with Crippen LogP contribution < -0.4 is 5.32 Å². The van der Waals surface area contributed by atoms with Crippen molar-refractivity contribution >= 4 is 17.5 Å². The third kappa shape index (κ3) is 6.80. The van der Waals surface area contributed by atoms with Gasteiger partial charge in [0, 0.05) is 24.3 Å². The fourth-order valence-electron chi connectivity index (χ4n) is 4.59. The molecule has 0 radical (unpaired) electrons. The first-order valence-electron chi connectivity index (χ1n) is 12.2. The minimum atomic E-state index is -4.35. The number of carbonyl (C=O) groups excluding carboxylic acids is 2. The van der Waals surface area contributed by atoms with E-state index in [0.29, 0.717) is 43.7 Å². The molecule has 1 N–H and O–H groups in total. The number of rotatable bonds is 7. The molecular formula is C28H30F3N3O3. The second-order valence-corrected chi connectivity index (χ2v) is 9.52. The Bertz CT molecular complexity index is 1220. The number of benzene rings is 2. The monoisotopic (exact) mass is 513 g/mol. The summed E-state index contributed by atoms with van der Waals surface area (Å²) in [7, 11) is 1.82. The van der Waals surface area contributed by atoms with E-state index in [4.69, 9.17) is 4.42 Å². The molecule has 0 unspecified atom stereocenters. The zero-order valence-electron chi connectivity index (χ0n) is 20.8. The predicted molar refractivity (Wildman–Crippen MR) is 134 cm³/mol. The van der Waals surface area contributed by atoms with Crippen molar-refractivity contribution in [3.05, 3.63) is 88.9 Å². The van der Waals surface area contributed by atoms with Gasteiger partial charge in [0.2, 0.25) is 5.91 Å². The van der Waals surface area contributed by atoms with Gasteiger partial charge < -0.3 is 14.6 Å². The molecule has 6 nitrogen and oxygen atoms in total. The molecule has 1 saturated heterocycles. The minimum Gasteiger partial charge on any atom is -0.468 e. The quantitative estimate of drug-likeness (QED) is 0.440. The lowest BCUT2D eigenvalue weighted by atomic mass is 9.88. The number of amides is 2. The number of hydrogen-bond acceptors (Lipinski definition) is 4. The third-order valence-electron chi connectivity index (χ3n) is 6.67. The van der Waals surface area contributed by atoms with Crippen LogP contribution in [0.2, 0.25) is 0 Å². The van der Waals surface area contributed by atoms with E-state index in [1.54, 1.807) is 29.4 Å². The highest BCUT2D eigenvalue weighted by atomic mass is 19.4. The van der Waals surface area contributed by atoms with Crippen LogP contribution in [0.3, 0.4) is 0 Å². The van der Waals surface area contributed by atoms with Gasteiger partial charge in [0.05, 0.1) is 24.9 Å². The van der Waals surface area contributed by atoms with Gasteiger partial charge in [-0.05, 0) is 80.3 Å². The molecule has 2 heterocycles. The molecule has 37 heavy (non-hydrogen) atoms. The molecular weight excluding hydrogens is 483 g/mol. The van der Waals surface area contributed by atoms with Gasteiger partial charge in [-0.25, -0.2) is 0 Å². The Balaban J connectivity index is 1.33. The number of likely N-dealkylation sites (tertiary alicyclic amines) is 1. The lowest BCUT2D eigenvalue weighted by Gasteiger charge is -2.32. The zero-order chi connectivity index (χ0) is 26.6. The summed E-state index contributed by atoms with van der Waals surface area (Å²) in [6.07, 6.45) is -1.41. The van der Waals surface area contributed by atoms with E-state index >= 15 is 0 Å². The van der Waals surface area contributed by atoms with Crippen LogP contribution in [-0.2, 0) is 17.5 Å². The number of hydrogen-bond donors (Lipinski definition) is 1. The Morgan fingerprint density at radius 2 is 1.78 bits per heavy atom. The number of nitrogens with zero attached hydrogens (tertiary/aromatic N) is 2. The molecule has 196 valence electrons. The van der Waals surface area contributed by atoms with Crippen molar-refractivity contribution in [1.29, 1.82) is 0 Å². The highest BCUT2D eigenvalue weighted by molar-refractivity contribution is 5.98. The Morgan fingerprint density at radius 3 is 2.41 bits per heavy atom. The maximum absolute atomic E-state index is 13.2. The number of halogens is 3. The van der Waals surface area contributed by atoms with Crippen LogP contribution in [0.1, 0.15) is 51.6 Å². The highest BCUT2D eigenvalue weighted by Crippen LogP contribution is 2.33. The van der Waals surface area contributed by atoms with E-state index in [1.165, 1.54) is 12.1 Å². The first-order chi connectivity index (χ1) is 17.6. The molecule has 2 amide bonds.